The largest absolute Gasteiger partial charge is 0.366 e. The highest BCUT2D eigenvalue weighted by molar-refractivity contribution is 6.00. The van der Waals surface area contributed by atoms with Gasteiger partial charge in [-0.15, -0.1) is 0 Å². The van der Waals surface area contributed by atoms with E-state index in [-0.39, 0.29) is 17.1 Å². The quantitative estimate of drug-likeness (QED) is 0.542. The Labute approximate surface area is 123 Å². The molecule has 0 saturated carbocycles. The normalized spacial score (nSPS) is 10.9. The zero-order valence-electron chi connectivity index (χ0n) is 12.0. The van der Waals surface area contributed by atoms with Gasteiger partial charge in [-0.3, -0.25) is 9.59 Å². The Morgan fingerprint density at radius 1 is 1.38 bits per heavy atom. The molecular formula is C15H18N4O2. The van der Waals surface area contributed by atoms with Crippen molar-refractivity contribution in [3.8, 4) is 6.07 Å². The molecule has 0 atom stereocenters. The number of nitrogens with two attached hydrogens (primary N) is 1. The van der Waals surface area contributed by atoms with Gasteiger partial charge in [0.15, 0.2) is 0 Å². The third-order valence-electron chi connectivity index (χ3n) is 2.60. The number of nitrogens with one attached hydrogen (secondary N) is 2. The Morgan fingerprint density at radius 3 is 2.62 bits per heavy atom. The highest BCUT2D eigenvalue weighted by atomic mass is 16.2. The van der Waals surface area contributed by atoms with Gasteiger partial charge in [-0.25, -0.2) is 0 Å². The summed E-state index contributed by atoms with van der Waals surface area (Å²) < 4.78 is 0. The van der Waals surface area contributed by atoms with Gasteiger partial charge in [0, 0.05) is 12.7 Å². The number of hydrogen-bond donors (Lipinski definition) is 3. The first kappa shape index (κ1) is 16.2. The van der Waals surface area contributed by atoms with Crippen molar-refractivity contribution < 1.29 is 9.59 Å². The van der Waals surface area contributed by atoms with E-state index in [1.54, 1.807) is 24.3 Å². The number of nitrogens with zero attached hydrogens (tertiary/aromatic N) is 1. The molecule has 0 fully saturated rings. The van der Waals surface area contributed by atoms with Crippen molar-refractivity contribution in [1.29, 1.82) is 5.26 Å². The Morgan fingerprint density at radius 2 is 2.05 bits per heavy atom. The maximum atomic E-state index is 11.8. The number of primary amides is 1. The highest BCUT2D eigenvalue weighted by Gasteiger charge is 2.10. The number of para-hydroxylation sites is 1. The van der Waals surface area contributed by atoms with E-state index in [1.165, 1.54) is 6.20 Å². The van der Waals surface area contributed by atoms with Crippen LogP contribution in [0.1, 0.15) is 24.2 Å². The number of rotatable bonds is 6. The van der Waals surface area contributed by atoms with Crippen LogP contribution in [0.4, 0.5) is 5.69 Å². The summed E-state index contributed by atoms with van der Waals surface area (Å²) in [4.78, 5) is 23.0. The van der Waals surface area contributed by atoms with Crippen molar-refractivity contribution in [2.75, 3.05) is 11.9 Å². The lowest BCUT2D eigenvalue weighted by molar-refractivity contribution is -0.117. The van der Waals surface area contributed by atoms with Crippen LogP contribution in [-0.4, -0.2) is 18.4 Å². The van der Waals surface area contributed by atoms with E-state index in [2.05, 4.69) is 10.6 Å². The highest BCUT2D eigenvalue weighted by Crippen LogP contribution is 2.14. The number of benzene rings is 1. The van der Waals surface area contributed by atoms with Crippen LogP contribution >= 0.6 is 0 Å². The summed E-state index contributed by atoms with van der Waals surface area (Å²) in [5, 5.41) is 14.4. The minimum Gasteiger partial charge on any atom is -0.366 e. The molecule has 110 valence electrons. The zero-order valence-corrected chi connectivity index (χ0v) is 12.0. The first-order valence-electron chi connectivity index (χ1n) is 6.49. The van der Waals surface area contributed by atoms with Crippen molar-refractivity contribution in [3.63, 3.8) is 0 Å². The summed E-state index contributed by atoms with van der Waals surface area (Å²) in [5.74, 6) is -0.762. The lowest BCUT2D eigenvalue weighted by atomic mass is 10.1. The molecule has 0 aromatic heterocycles. The maximum absolute atomic E-state index is 11.8. The lowest BCUT2D eigenvalue weighted by Gasteiger charge is -2.08. The van der Waals surface area contributed by atoms with Crippen LogP contribution in [0.3, 0.4) is 0 Å². The molecule has 0 saturated heterocycles. The molecule has 2 amide bonds. The third kappa shape index (κ3) is 4.99. The molecule has 6 nitrogen and oxygen atoms in total. The zero-order chi connectivity index (χ0) is 15.8. The van der Waals surface area contributed by atoms with Gasteiger partial charge in [-0.2, -0.15) is 5.26 Å². The molecule has 4 N–H and O–H groups in total. The van der Waals surface area contributed by atoms with E-state index >= 15 is 0 Å². The summed E-state index contributed by atoms with van der Waals surface area (Å²) in [7, 11) is 0. The molecule has 6 heteroatoms. The van der Waals surface area contributed by atoms with Crippen molar-refractivity contribution in [3.05, 3.63) is 41.6 Å². The second-order valence-electron chi connectivity index (χ2n) is 4.83. The molecular weight excluding hydrogens is 268 g/mol. The minimum atomic E-state index is -0.589. The molecule has 0 spiro atoms. The van der Waals surface area contributed by atoms with E-state index in [0.29, 0.717) is 12.2 Å². The Balaban J connectivity index is 2.85. The van der Waals surface area contributed by atoms with Crippen molar-refractivity contribution in [1.82, 2.24) is 5.32 Å². The van der Waals surface area contributed by atoms with Crippen molar-refractivity contribution in [2.24, 2.45) is 11.7 Å². The number of anilines is 1. The van der Waals surface area contributed by atoms with E-state index in [9.17, 15) is 9.59 Å². The average molecular weight is 286 g/mol. The molecule has 0 bridgehead atoms. The van der Waals surface area contributed by atoms with Crippen LogP contribution in [-0.2, 0) is 4.79 Å². The first-order valence-corrected chi connectivity index (χ1v) is 6.49. The smallest absolute Gasteiger partial charge is 0.263 e. The standard InChI is InChI=1S/C15H18N4O2/c1-10(2)8-19-15(21)11(7-16)9-18-13-6-4-3-5-12(13)14(17)20/h3-6,9-10,18H,8H2,1-2H3,(H2,17,20)(H,19,21)/b11-9-. The predicted molar refractivity (Wildman–Crippen MR) is 80.1 cm³/mol. The fourth-order valence-corrected chi connectivity index (χ4v) is 1.51. The van der Waals surface area contributed by atoms with E-state index < -0.39 is 11.8 Å². The van der Waals surface area contributed by atoms with Crippen LogP contribution in [0, 0.1) is 17.2 Å². The van der Waals surface area contributed by atoms with Gasteiger partial charge in [0.2, 0.25) is 0 Å². The van der Waals surface area contributed by atoms with Gasteiger partial charge < -0.3 is 16.4 Å². The van der Waals surface area contributed by atoms with Gasteiger partial charge >= 0.3 is 0 Å². The van der Waals surface area contributed by atoms with Gasteiger partial charge in [0.25, 0.3) is 11.8 Å². The second kappa shape index (κ2) is 7.70. The third-order valence-corrected chi connectivity index (χ3v) is 2.60. The number of carbonyl (C=O) groups excluding carboxylic acids is 2. The molecule has 1 rings (SSSR count). The molecule has 0 radical (unpaired) electrons. The van der Waals surface area contributed by atoms with Crippen LogP contribution < -0.4 is 16.4 Å². The van der Waals surface area contributed by atoms with E-state index in [4.69, 9.17) is 11.0 Å². The summed E-state index contributed by atoms with van der Waals surface area (Å²) >= 11 is 0. The summed E-state index contributed by atoms with van der Waals surface area (Å²) in [6.45, 7) is 4.39. The number of amides is 2. The summed E-state index contributed by atoms with van der Waals surface area (Å²) in [6.07, 6.45) is 1.26. The number of hydrogen-bond acceptors (Lipinski definition) is 4. The maximum Gasteiger partial charge on any atom is 0.263 e. The Bertz CT molecular complexity index is 600. The van der Waals surface area contributed by atoms with Gasteiger partial charge in [0.1, 0.15) is 11.6 Å². The molecule has 1 aromatic carbocycles. The first-order chi connectivity index (χ1) is 9.95. The fraction of sp³-hybridized carbons (Fsp3) is 0.267. The number of carbonyl (C=O) groups is 2. The Hall–Kier alpha value is -2.81. The minimum absolute atomic E-state index is 0.0741. The Kier molecular flexibility index (Phi) is 5.96. The molecule has 0 unspecified atom stereocenters. The van der Waals surface area contributed by atoms with Crippen LogP contribution in [0.5, 0.6) is 0 Å². The summed E-state index contributed by atoms with van der Waals surface area (Å²) in [5.41, 5.74) is 5.90. The fourth-order valence-electron chi connectivity index (χ4n) is 1.51. The van der Waals surface area contributed by atoms with Crippen molar-refractivity contribution >= 4 is 17.5 Å². The second-order valence-corrected chi connectivity index (χ2v) is 4.83. The molecule has 0 aliphatic heterocycles. The topological polar surface area (TPSA) is 108 Å². The molecule has 21 heavy (non-hydrogen) atoms. The molecule has 0 heterocycles. The monoisotopic (exact) mass is 286 g/mol. The van der Waals surface area contributed by atoms with E-state index in [1.807, 2.05) is 19.9 Å². The van der Waals surface area contributed by atoms with Gasteiger partial charge in [-0.1, -0.05) is 26.0 Å². The van der Waals surface area contributed by atoms with Crippen LogP contribution in [0.25, 0.3) is 0 Å². The van der Waals surface area contributed by atoms with Crippen LogP contribution in [0.2, 0.25) is 0 Å². The molecule has 1 aromatic rings. The van der Waals surface area contributed by atoms with Gasteiger partial charge in [0.05, 0.1) is 11.3 Å². The number of nitriles is 1. The molecule has 0 aliphatic carbocycles. The summed E-state index contributed by atoms with van der Waals surface area (Å²) in [6, 6.07) is 8.40. The lowest BCUT2D eigenvalue weighted by Crippen LogP contribution is -2.28. The SMILES string of the molecule is CC(C)CNC(=O)/C(C#N)=C\Nc1ccccc1C(N)=O. The van der Waals surface area contributed by atoms with Gasteiger partial charge in [-0.05, 0) is 18.1 Å². The van der Waals surface area contributed by atoms with Crippen LogP contribution in [0.15, 0.2) is 36.0 Å². The van der Waals surface area contributed by atoms with E-state index in [0.717, 1.165) is 0 Å². The average Bonchev–Trinajstić information content (AvgIpc) is 2.45. The predicted octanol–water partition coefficient (Wildman–Crippen LogP) is 1.38. The molecule has 0 aliphatic rings. The van der Waals surface area contributed by atoms with Crippen molar-refractivity contribution in [2.45, 2.75) is 13.8 Å².